The molecule has 1 aromatic carbocycles. The van der Waals surface area contributed by atoms with Gasteiger partial charge < -0.3 is 10.1 Å². The summed E-state index contributed by atoms with van der Waals surface area (Å²) in [6.45, 7) is 10.1. The molecular formula is C21H27IN2O5S2. The minimum Gasteiger partial charge on any atom is -0.459 e. The second kappa shape index (κ2) is 9.97. The molecule has 0 saturated heterocycles. The SMILES string of the molecule is Cc1cc(C)c(S(=O)(=O)N[C@@H](CNC(=O)c2ccc(I)s2)C(=O)OC(C)(C)C)c(C)c1. The van der Waals surface area contributed by atoms with Crippen molar-refractivity contribution in [3.05, 3.63) is 48.7 Å². The number of aryl methyl sites for hydroxylation is 3. The first kappa shape index (κ1) is 25.8. The molecule has 0 aliphatic carbocycles. The van der Waals surface area contributed by atoms with Crippen LogP contribution in [0.2, 0.25) is 0 Å². The van der Waals surface area contributed by atoms with Crippen LogP contribution in [0.25, 0.3) is 0 Å². The van der Waals surface area contributed by atoms with Crippen molar-refractivity contribution in [2.45, 2.75) is 58.1 Å². The van der Waals surface area contributed by atoms with E-state index in [1.165, 1.54) is 11.3 Å². The topological polar surface area (TPSA) is 102 Å². The van der Waals surface area contributed by atoms with Crippen molar-refractivity contribution in [2.75, 3.05) is 6.54 Å². The van der Waals surface area contributed by atoms with E-state index in [-0.39, 0.29) is 17.3 Å². The van der Waals surface area contributed by atoms with Gasteiger partial charge >= 0.3 is 5.97 Å². The molecule has 0 saturated carbocycles. The number of thiophene rings is 1. The highest BCUT2D eigenvalue weighted by molar-refractivity contribution is 14.1. The fourth-order valence-corrected chi connectivity index (χ4v) is 6.28. The van der Waals surface area contributed by atoms with E-state index >= 15 is 0 Å². The lowest BCUT2D eigenvalue weighted by atomic mass is 10.1. The number of nitrogens with one attached hydrogen (secondary N) is 2. The van der Waals surface area contributed by atoms with E-state index in [0.29, 0.717) is 16.0 Å². The minimum absolute atomic E-state index is 0.116. The van der Waals surface area contributed by atoms with Crippen LogP contribution in [0, 0.1) is 23.7 Å². The third-order valence-electron chi connectivity index (χ3n) is 4.13. The summed E-state index contributed by atoms with van der Waals surface area (Å²) >= 11 is 3.41. The Labute approximate surface area is 201 Å². The van der Waals surface area contributed by atoms with Crippen LogP contribution < -0.4 is 10.0 Å². The Morgan fingerprint density at radius 1 is 1.13 bits per heavy atom. The second-order valence-corrected chi connectivity index (χ2v) is 12.9. The van der Waals surface area contributed by atoms with Crippen LogP contribution in [0.1, 0.15) is 47.1 Å². The third kappa shape index (κ3) is 7.26. The van der Waals surface area contributed by atoms with Gasteiger partial charge in [0, 0.05) is 6.54 Å². The number of sulfonamides is 1. The quantitative estimate of drug-likeness (QED) is 0.386. The van der Waals surface area contributed by atoms with Gasteiger partial charge in [0.25, 0.3) is 5.91 Å². The van der Waals surface area contributed by atoms with E-state index in [4.69, 9.17) is 4.74 Å². The van der Waals surface area contributed by atoms with Crippen molar-refractivity contribution >= 4 is 55.8 Å². The molecule has 0 spiro atoms. The van der Waals surface area contributed by atoms with Crippen molar-refractivity contribution in [2.24, 2.45) is 0 Å². The molecule has 0 radical (unpaired) electrons. The Morgan fingerprint density at radius 3 is 2.19 bits per heavy atom. The summed E-state index contributed by atoms with van der Waals surface area (Å²) < 4.78 is 35.1. The standard InChI is InChI=1S/C21H27IN2O5S2/c1-12-9-13(2)18(14(3)10-12)31(27,28)24-15(20(26)29-21(4,5)6)11-23-19(25)16-7-8-17(22)30-16/h7-10,15,24H,11H2,1-6H3,(H,23,25)/t15-/m0/s1. The molecule has 1 amide bonds. The zero-order valence-corrected chi connectivity index (χ0v) is 22.1. The number of hydrogen-bond acceptors (Lipinski definition) is 6. The highest BCUT2D eigenvalue weighted by Gasteiger charge is 2.32. The predicted octanol–water partition coefficient (Wildman–Crippen LogP) is 3.70. The molecule has 0 fully saturated rings. The first-order valence-electron chi connectivity index (χ1n) is 9.56. The number of esters is 1. The third-order valence-corrected chi connectivity index (χ3v) is 7.79. The molecule has 2 N–H and O–H groups in total. The molecule has 0 bridgehead atoms. The largest absolute Gasteiger partial charge is 0.459 e. The van der Waals surface area contributed by atoms with Gasteiger partial charge in [0.2, 0.25) is 10.0 Å². The average molecular weight is 578 g/mol. The molecule has 1 aromatic heterocycles. The number of amides is 1. The minimum atomic E-state index is -4.05. The zero-order chi connectivity index (χ0) is 23.6. The van der Waals surface area contributed by atoms with Gasteiger partial charge in [0.1, 0.15) is 11.6 Å². The molecule has 0 aliphatic heterocycles. The summed E-state index contributed by atoms with van der Waals surface area (Å²) in [5.41, 5.74) is 1.27. The molecular weight excluding hydrogens is 551 g/mol. The van der Waals surface area contributed by atoms with Crippen molar-refractivity contribution < 1.29 is 22.7 Å². The molecule has 2 aromatic rings. The van der Waals surface area contributed by atoms with Crippen molar-refractivity contribution in [3.63, 3.8) is 0 Å². The van der Waals surface area contributed by atoms with Gasteiger partial charge in [-0.15, -0.1) is 11.3 Å². The van der Waals surface area contributed by atoms with E-state index in [2.05, 4.69) is 32.6 Å². The van der Waals surface area contributed by atoms with Gasteiger partial charge in [-0.2, -0.15) is 4.72 Å². The van der Waals surface area contributed by atoms with Crippen LogP contribution in [0.5, 0.6) is 0 Å². The number of halogens is 1. The van der Waals surface area contributed by atoms with Crippen molar-refractivity contribution in [3.8, 4) is 0 Å². The lowest BCUT2D eigenvalue weighted by molar-refractivity contribution is -0.156. The number of benzene rings is 1. The highest BCUT2D eigenvalue weighted by atomic mass is 127. The summed E-state index contributed by atoms with van der Waals surface area (Å²) in [5.74, 6) is -1.15. The summed E-state index contributed by atoms with van der Waals surface area (Å²) in [6.07, 6.45) is 0. The lowest BCUT2D eigenvalue weighted by Gasteiger charge is -2.25. The Bertz CT molecular complexity index is 1060. The molecule has 1 heterocycles. The Kier molecular flexibility index (Phi) is 8.28. The van der Waals surface area contributed by atoms with E-state index < -0.39 is 27.6 Å². The first-order chi connectivity index (χ1) is 14.2. The molecule has 31 heavy (non-hydrogen) atoms. The van der Waals surface area contributed by atoms with E-state index in [0.717, 1.165) is 8.45 Å². The number of carbonyl (C=O) groups is 2. The second-order valence-electron chi connectivity index (χ2n) is 8.25. The number of carbonyl (C=O) groups excluding carboxylic acids is 2. The van der Waals surface area contributed by atoms with Crippen LogP contribution >= 0.6 is 33.9 Å². The Morgan fingerprint density at radius 2 is 1.71 bits per heavy atom. The highest BCUT2D eigenvalue weighted by Crippen LogP contribution is 2.22. The molecule has 7 nitrogen and oxygen atoms in total. The fourth-order valence-electron chi connectivity index (χ4n) is 3.10. The van der Waals surface area contributed by atoms with Crippen LogP contribution in [0.4, 0.5) is 0 Å². The number of rotatable bonds is 7. The summed E-state index contributed by atoms with van der Waals surface area (Å²) in [4.78, 5) is 25.8. The van der Waals surface area contributed by atoms with Gasteiger partial charge in [0.05, 0.1) is 12.7 Å². The summed E-state index contributed by atoms with van der Waals surface area (Å²) in [7, 11) is -4.05. The van der Waals surface area contributed by atoms with Crippen LogP contribution in [0.3, 0.4) is 0 Å². The zero-order valence-electron chi connectivity index (χ0n) is 18.3. The Balaban J connectivity index is 2.29. The van der Waals surface area contributed by atoms with Gasteiger partial charge in [0.15, 0.2) is 0 Å². The first-order valence-corrected chi connectivity index (χ1v) is 12.9. The molecule has 1 atom stereocenters. The fraction of sp³-hybridized carbons (Fsp3) is 0.429. The normalized spacial score (nSPS) is 13.0. The van der Waals surface area contributed by atoms with Gasteiger partial charge in [-0.05, 0) is 87.4 Å². The van der Waals surface area contributed by atoms with Crippen LogP contribution in [0.15, 0.2) is 29.2 Å². The predicted molar refractivity (Wildman–Crippen MR) is 130 cm³/mol. The number of hydrogen-bond donors (Lipinski definition) is 2. The monoisotopic (exact) mass is 578 g/mol. The van der Waals surface area contributed by atoms with Crippen LogP contribution in [-0.2, 0) is 19.6 Å². The van der Waals surface area contributed by atoms with Crippen LogP contribution in [-0.4, -0.2) is 38.5 Å². The lowest BCUT2D eigenvalue weighted by Crippen LogP contribution is -2.50. The Hall–Kier alpha value is -1.50. The maximum atomic E-state index is 13.2. The van der Waals surface area contributed by atoms with Crippen molar-refractivity contribution in [1.82, 2.24) is 10.0 Å². The van der Waals surface area contributed by atoms with E-state index in [9.17, 15) is 18.0 Å². The molecule has 0 unspecified atom stereocenters. The molecule has 10 heteroatoms. The van der Waals surface area contributed by atoms with Gasteiger partial charge in [-0.1, -0.05) is 17.7 Å². The molecule has 0 aliphatic rings. The van der Waals surface area contributed by atoms with Gasteiger partial charge in [-0.25, -0.2) is 8.42 Å². The molecule has 2 rings (SSSR count). The maximum absolute atomic E-state index is 13.2. The van der Waals surface area contributed by atoms with Crippen molar-refractivity contribution in [1.29, 1.82) is 0 Å². The average Bonchev–Trinajstić information content (AvgIpc) is 3.02. The molecule has 170 valence electrons. The van der Waals surface area contributed by atoms with E-state index in [1.807, 2.05) is 6.92 Å². The summed E-state index contributed by atoms with van der Waals surface area (Å²) in [5, 5.41) is 2.63. The van der Waals surface area contributed by atoms with Gasteiger partial charge in [-0.3, -0.25) is 9.59 Å². The van der Waals surface area contributed by atoms with E-state index in [1.54, 1.807) is 58.9 Å². The smallest absolute Gasteiger partial charge is 0.326 e. The maximum Gasteiger partial charge on any atom is 0.326 e. The summed E-state index contributed by atoms with van der Waals surface area (Å²) in [6, 6.07) is 5.73. The number of ether oxygens (including phenoxy) is 1.